The largest absolute Gasteiger partial charge is 0.496 e. The first-order chi connectivity index (χ1) is 12.7. The molecule has 0 aromatic heterocycles. The predicted molar refractivity (Wildman–Crippen MR) is 123 cm³/mol. The third kappa shape index (κ3) is 9.12. The minimum absolute atomic E-state index is 0. The van der Waals surface area contributed by atoms with Crippen LogP contribution in [0.4, 0.5) is 0 Å². The average molecular weight is 490 g/mol. The van der Waals surface area contributed by atoms with Crippen LogP contribution in [0.2, 0.25) is 0 Å². The Labute approximate surface area is 181 Å². The van der Waals surface area contributed by atoms with Crippen molar-refractivity contribution in [3.63, 3.8) is 0 Å². The smallest absolute Gasteiger partial charge is 0.190 e. The van der Waals surface area contributed by atoms with E-state index in [1.54, 1.807) is 7.11 Å². The summed E-state index contributed by atoms with van der Waals surface area (Å²) in [4.78, 5) is 6.78. The van der Waals surface area contributed by atoms with Gasteiger partial charge in [0.1, 0.15) is 5.75 Å². The monoisotopic (exact) mass is 490 g/mol. The molecule has 1 aromatic carbocycles. The fourth-order valence-electron chi connectivity index (χ4n) is 3.06. The van der Waals surface area contributed by atoms with Crippen LogP contribution >= 0.6 is 24.0 Å². The van der Waals surface area contributed by atoms with Crippen molar-refractivity contribution < 1.29 is 9.47 Å². The molecular formula is C20H35IN4O2. The van der Waals surface area contributed by atoms with Gasteiger partial charge in [-0.05, 0) is 49.9 Å². The maximum absolute atomic E-state index is 5.39. The number of nitrogens with one attached hydrogen (secondary N) is 2. The second kappa shape index (κ2) is 14.0. The van der Waals surface area contributed by atoms with Gasteiger partial charge in [-0.25, -0.2) is 0 Å². The van der Waals surface area contributed by atoms with Crippen LogP contribution in [0.15, 0.2) is 23.2 Å². The Kier molecular flexibility index (Phi) is 12.4. The number of unbranched alkanes of at least 4 members (excludes halogenated alkanes) is 1. The lowest BCUT2D eigenvalue weighted by Gasteiger charge is -2.26. The summed E-state index contributed by atoms with van der Waals surface area (Å²) in [5.74, 6) is 1.82. The van der Waals surface area contributed by atoms with Crippen LogP contribution < -0.4 is 15.4 Å². The Balaban J connectivity index is 0.00000364. The van der Waals surface area contributed by atoms with Gasteiger partial charge in [0, 0.05) is 33.2 Å². The van der Waals surface area contributed by atoms with Gasteiger partial charge in [0.2, 0.25) is 0 Å². The van der Waals surface area contributed by atoms with E-state index in [0.29, 0.717) is 0 Å². The van der Waals surface area contributed by atoms with E-state index >= 15 is 0 Å². The first-order valence-corrected chi connectivity index (χ1v) is 9.61. The minimum atomic E-state index is 0. The van der Waals surface area contributed by atoms with Crippen LogP contribution in [0.25, 0.3) is 0 Å². The summed E-state index contributed by atoms with van der Waals surface area (Å²) < 4.78 is 10.8. The van der Waals surface area contributed by atoms with Crippen molar-refractivity contribution in [1.82, 2.24) is 15.5 Å². The van der Waals surface area contributed by atoms with Crippen molar-refractivity contribution in [1.29, 1.82) is 0 Å². The summed E-state index contributed by atoms with van der Waals surface area (Å²) >= 11 is 0. The summed E-state index contributed by atoms with van der Waals surface area (Å²) in [5, 5.41) is 6.78. The van der Waals surface area contributed by atoms with E-state index in [1.165, 1.54) is 17.5 Å². The fourth-order valence-corrected chi connectivity index (χ4v) is 3.06. The molecule has 1 fully saturated rings. The quantitative estimate of drug-likeness (QED) is 0.241. The molecule has 0 bridgehead atoms. The van der Waals surface area contributed by atoms with Crippen molar-refractivity contribution in [2.24, 2.45) is 4.99 Å². The summed E-state index contributed by atoms with van der Waals surface area (Å²) in [7, 11) is 3.53. The minimum Gasteiger partial charge on any atom is -0.496 e. The molecule has 0 saturated carbocycles. The number of guanidine groups is 1. The van der Waals surface area contributed by atoms with Crippen molar-refractivity contribution in [2.45, 2.75) is 26.2 Å². The summed E-state index contributed by atoms with van der Waals surface area (Å²) in [5.41, 5.74) is 2.43. The van der Waals surface area contributed by atoms with Crippen LogP contribution in [0, 0.1) is 6.92 Å². The van der Waals surface area contributed by atoms with Gasteiger partial charge >= 0.3 is 0 Å². The maximum Gasteiger partial charge on any atom is 0.190 e. The Bertz CT molecular complexity index is 563. The molecule has 0 unspecified atom stereocenters. The molecule has 154 valence electrons. The topological polar surface area (TPSA) is 58.1 Å². The molecule has 2 rings (SSSR count). The van der Waals surface area contributed by atoms with Gasteiger partial charge in [0.15, 0.2) is 5.96 Å². The molecule has 0 spiro atoms. The third-order valence-electron chi connectivity index (χ3n) is 4.70. The Morgan fingerprint density at radius 2 is 1.93 bits per heavy atom. The Morgan fingerprint density at radius 3 is 2.63 bits per heavy atom. The van der Waals surface area contributed by atoms with Gasteiger partial charge in [-0.2, -0.15) is 0 Å². The van der Waals surface area contributed by atoms with Gasteiger partial charge < -0.3 is 20.1 Å². The van der Waals surface area contributed by atoms with Gasteiger partial charge in [0.25, 0.3) is 0 Å². The number of aliphatic imine (C=N–C) groups is 1. The summed E-state index contributed by atoms with van der Waals surface area (Å²) in [6, 6.07) is 6.37. The average Bonchev–Trinajstić information content (AvgIpc) is 2.68. The van der Waals surface area contributed by atoms with E-state index in [9.17, 15) is 0 Å². The number of morpholine rings is 1. The number of methoxy groups -OCH3 is 1. The van der Waals surface area contributed by atoms with E-state index in [2.05, 4.69) is 45.6 Å². The van der Waals surface area contributed by atoms with E-state index < -0.39 is 0 Å². The molecule has 2 N–H and O–H groups in total. The highest BCUT2D eigenvalue weighted by atomic mass is 127. The van der Waals surface area contributed by atoms with E-state index in [4.69, 9.17) is 9.47 Å². The van der Waals surface area contributed by atoms with Crippen LogP contribution in [-0.2, 0) is 11.2 Å². The molecule has 1 aliphatic rings. The van der Waals surface area contributed by atoms with Gasteiger partial charge in [-0.1, -0.05) is 12.1 Å². The molecule has 0 radical (unpaired) electrons. The number of halogens is 1. The number of hydrogen-bond donors (Lipinski definition) is 2. The highest BCUT2D eigenvalue weighted by Crippen LogP contribution is 2.18. The van der Waals surface area contributed by atoms with Crippen LogP contribution in [0.5, 0.6) is 5.75 Å². The van der Waals surface area contributed by atoms with Crippen LogP contribution in [-0.4, -0.2) is 71.0 Å². The van der Waals surface area contributed by atoms with E-state index in [1.807, 2.05) is 7.05 Å². The first kappa shape index (κ1) is 24.0. The van der Waals surface area contributed by atoms with Crippen LogP contribution in [0.1, 0.15) is 24.0 Å². The zero-order valence-electron chi connectivity index (χ0n) is 16.9. The van der Waals surface area contributed by atoms with E-state index in [0.717, 1.165) is 70.5 Å². The lowest BCUT2D eigenvalue weighted by Crippen LogP contribution is -2.39. The molecule has 0 amide bonds. The highest BCUT2D eigenvalue weighted by molar-refractivity contribution is 14.0. The number of benzene rings is 1. The SMILES string of the molecule is CN=C(NCCCCN1CCOCC1)NCCc1ccc(C)c(OC)c1.I. The Hall–Kier alpha value is -1.06. The fraction of sp³-hybridized carbons (Fsp3) is 0.650. The molecule has 0 atom stereocenters. The third-order valence-corrected chi connectivity index (χ3v) is 4.70. The molecule has 1 aliphatic heterocycles. The second-order valence-corrected chi connectivity index (χ2v) is 6.64. The van der Waals surface area contributed by atoms with Crippen molar-refractivity contribution in [3.05, 3.63) is 29.3 Å². The second-order valence-electron chi connectivity index (χ2n) is 6.64. The zero-order valence-corrected chi connectivity index (χ0v) is 19.3. The lowest BCUT2D eigenvalue weighted by atomic mass is 10.1. The molecule has 0 aliphatic carbocycles. The van der Waals surface area contributed by atoms with Gasteiger partial charge in [-0.3, -0.25) is 9.89 Å². The van der Waals surface area contributed by atoms with Crippen molar-refractivity contribution in [3.8, 4) is 5.75 Å². The summed E-state index contributed by atoms with van der Waals surface area (Å²) in [6.07, 6.45) is 3.29. The molecular weight excluding hydrogens is 455 g/mol. The van der Waals surface area contributed by atoms with Gasteiger partial charge in [-0.15, -0.1) is 24.0 Å². The van der Waals surface area contributed by atoms with Gasteiger partial charge in [0.05, 0.1) is 20.3 Å². The highest BCUT2D eigenvalue weighted by Gasteiger charge is 2.09. The molecule has 1 aromatic rings. The lowest BCUT2D eigenvalue weighted by molar-refractivity contribution is 0.0372. The van der Waals surface area contributed by atoms with E-state index in [-0.39, 0.29) is 24.0 Å². The number of ether oxygens (including phenoxy) is 2. The normalized spacial score (nSPS) is 15.1. The molecule has 1 saturated heterocycles. The summed E-state index contributed by atoms with van der Waals surface area (Å²) in [6.45, 7) is 8.91. The molecule has 27 heavy (non-hydrogen) atoms. The molecule has 7 heteroatoms. The number of hydrogen-bond acceptors (Lipinski definition) is 4. The maximum atomic E-state index is 5.39. The number of nitrogens with zero attached hydrogens (tertiary/aromatic N) is 2. The number of aryl methyl sites for hydroxylation is 1. The van der Waals surface area contributed by atoms with Crippen molar-refractivity contribution in [2.75, 3.05) is 60.1 Å². The molecule has 6 nitrogen and oxygen atoms in total. The molecule has 1 heterocycles. The first-order valence-electron chi connectivity index (χ1n) is 9.61. The standard InChI is InChI=1S/C20H34N4O2.HI/c1-17-6-7-18(16-19(17)25-3)8-10-23-20(21-2)22-9-4-5-11-24-12-14-26-15-13-24;/h6-7,16H,4-5,8-15H2,1-3H3,(H2,21,22,23);1H. The predicted octanol–water partition coefficient (Wildman–Crippen LogP) is 2.44. The van der Waals surface area contributed by atoms with Crippen molar-refractivity contribution >= 4 is 29.9 Å². The van der Waals surface area contributed by atoms with Crippen LogP contribution in [0.3, 0.4) is 0 Å². The zero-order chi connectivity index (χ0) is 18.6. The Morgan fingerprint density at radius 1 is 1.19 bits per heavy atom. The number of rotatable bonds is 9.